The number of nitrogens with zero attached hydrogens (tertiary/aromatic N) is 2. The number of aryl methyl sites for hydroxylation is 1. The second-order valence-electron chi connectivity index (χ2n) is 8.92. The Bertz CT molecular complexity index is 1550. The number of carboxylic acids is 1. The number of anilines is 1. The molecule has 0 atom stereocenters. The van der Waals surface area contributed by atoms with Gasteiger partial charge in [0.25, 0.3) is 11.8 Å². The summed E-state index contributed by atoms with van der Waals surface area (Å²) in [6, 6.07) is 25.1. The maximum atomic E-state index is 13.0. The van der Waals surface area contributed by atoms with Crippen LogP contribution in [0.4, 0.5) is 5.69 Å². The van der Waals surface area contributed by atoms with Crippen LogP contribution in [0.3, 0.4) is 0 Å². The van der Waals surface area contributed by atoms with Crippen molar-refractivity contribution < 1.29 is 24.2 Å². The van der Waals surface area contributed by atoms with Gasteiger partial charge in [0.2, 0.25) is 0 Å². The number of aromatic nitrogens is 1. The quantitative estimate of drug-likeness (QED) is 0.276. The lowest BCUT2D eigenvalue weighted by molar-refractivity contribution is -0.117. The van der Waals surface area contributed by atoms with Gasteiger partial charge < -0.3 is 14.4 Å². The minimum Gasteiger partial charge on any atom is -0.489 e. The van der Waals surface area contributed by atoms with Crippen LogP contribution in [0.5, 0.6) is 5.75 Å². The van der Waals surface area contributed by atoms with Crippen molar-refractivity contribution in [3.8, 4) is 11.4 Å². The number of aromatic carboxylic acids is 1. The molecule has 8 nitrogen and oxygen atoms in total. The zero-order chi connectivity index (χ0) is 26.8. The molecule has 1 saturated heterocycles. The van der Waals surface area contributed by atoms with Gasteiger partial charge in [-0.05, 0) is 85.6 Å². The monoisotopic (exact) mass is 507 g/mol. The predicted octanol–water partition coefficient (Wildman–Crippen LogP) is 4.83. The van der Waals surface area contributed by atoms with Crippen molar-refractivity contribution >= 4 is 29.5 Å². The number of rotatable bonds is 7. The summed E-state index contributed by atoms with van der Waals surface area (Å²) in [5.41, 5.74) is 7.94. The van der Waals surface area contributed by atoms with E-state index in [0.29, 0.717) is 18.0 Å². The molecule has 0 unspecified atom stereocenters. The Kier molecular flexibility index (Phi) is 6.53. The molecule has 190 valence electrons. The first-order chi connectivity index (χ1) is 18.3. The van der Waals surface area contributed by atoms with Gasteiger partial charge in [0.15, 0.2) is 0 Å². The molecule has 2 amide bonds. The van der Waals surface area contributed by atoms with Gasteiger partial charge in [0.1, 0.15) is 17.9 Å². The predicted molar refractivity (Wildman–Crippen MR) is 143 cm³/mol. The molecule has 8 heteroatoms. The van der Waals surface area contributed by atoms with E-state index in [1.807, 2.05) is 54.8 Å². The van der Waals surface area contributed by atoms with E-state index in [1.54, 1.807) is 54.6 Å². The van der Waals surface area contributed by atoms with E-state index in [4.69, 9.17) is 9.84 Å². The summed E-state index contributed by atoms with van der Waals surface area (Å²) >= 11 is 0. The number of carbonyl (C=O) groups is 3. The number of carboxylic acid groups (broad SMARTS) is 1. The summed E-state index contributed by atoms with van der Waals surface area (Å²) in [6.07, 6.45) is 1.63. The van der Waals surface area contributed by atoms with Gasteiger partial charge in [0.05, 0.1) is 11.3 Å². The molecule has 3 aromatic carbocycles. The van der Waals surface area contributed by atoms with Crippen molar-refractivity contribution in [3.63, 3.8) is 0 Å². The fourth-order valence-electron chi connectivity index (χ4n) is 4.40. The van der Waals surface area contributed by atoms with Gasteiger partial charge in [-0.1, -0.05) is 30.3 Å². The molecule has 0 saturated carbocycles. The fraction of sp³-hybridized carbons (Fsp3) is 0.100. The Hall–Kier alpha value is -5.11. The smallest absolute Gasteiger partial charge is 0.335 e. The van der Waals surface area contributed by atoms with Crippen LogP contribution in [0, 0.1) is 13.8 Å². The Morgan fingerprint density at radius 3 is 2.26 bits per heavy atom. The number of hydrogen-bond donors (Lipinski definition) is 2. The lowest BCUT2D eigenvalue weighted by Gasteiger charge is -2.13. The van der Waals surface area contributed by atoms with Crippen LogP contribution in [0.1, 0.15) is 32.9 Å². The molecule has 0 aliphatic carbocycles. The third-order valence-corrected chi connectivity index (χ3v) is 6.38. The highest BCUT2D eigenvalue weighted by Crippen LogP contribution is 2.27. The van der Waals surface area contributed by atoms with E-state index in [-0.39, 0.29) is 11.1 Å². The van der Waals surface area contributed by atoms with E-state index >= 15 is 0 Å². The first-order valence-corrected chi connectivity index (χ1v) is 12.0. The van der Waals surface area contributed by atoms with Crippen LogP contribution < -0.4 is 15.2 Å². The molecule has 2 heterocycles. The van der Waals surface area contributed by atoms with Crippen molar-refractivity contribution in [1.82, 2.24) is 9.99 Å². The van der Waals surface area contributed by atoms with Gasteiger partial charge in [-0.3, -0.25) is 15.0 Å². The van der Waals surface area contributed by atoms with Crippen molar-refractivity contribution in [2.24, 2.45) is 0 Å². The van der Waals surface area contributed by atoms with Crippen molar-refractivity contribution in [2.75, 3.05) is 5.01 Å². The Morgan fingerprint density at radius 1 is 0.921 bits per heavy atom. The average Bonchev–Trinajstić information content (AvgIpc) is 3.37. The molecule has 1 fully saturated rings. The van der Waals surface area contributed by atoms with E-state index in [9.17, 15) is 14.4 Å². The minimum atomic E-state index is -0.963. The summed E-state index contributed by atoms with van der Waals surface area (Å²) < 4.78 is 7.90. The van der Waals surface area contributed by atoms with Crippen LogP contribution in [-0.2, 0) is 16.2 Å². The molecule has 4 aromatic rings. The number of benzene rings is 3. The second-order valence-corrected chi connectivity index (χ2v) is 8.92. The number of hydrazine groups is 1. The second kappa shape index (κ2) is 10.1. The van der Waals surface area contributed by atoms with E-state index in [2.05, 4.69) is 5.43 Å². The number of ether oxygens (including phenoxy) is 1. The van der Waals surface area contributed by atoms with Gasteiger partial charge in [-0.25, -0.2) is 9.80 Å². The Labute approximate surface area is 219 Å². The number of para-hydroxylation sites is 1. The highest BCUT2D eigenvalue weighted by atomic mass is 16.5. The van der Waals surface area contributed by atoms with Gasteiger partial charge >= 0.3 is 5.97 Å². The minimum absolute atomic E-state index is 0.0780. The van der Waals surface area contributed by atoms with Crippen LogP contribution in [-0.4, -0.2) is 27.5 Å². The van der Waals surface area contributed by atoms with E-state index < -0.39 is 17.8 Å². The number of nitrogens with one attached hydrogen (secondary N) is 1. The van der Waals surface area contributed by atoms with E-state index in [0.717, 1.165) is 28.2 Å². The number of amides is 2. The topological polar surface area (TPSA) is 101 Å². The molecular formula is C30H25N3O5. The molecule has 1 aromatic heterocycles. The van der Waals surface area contributed by atoms with Gasteiger partial charge in [-0.2, -0.15) is 0 Å². The normalized spacial score (nSPS) is 14.2. The third-order valence-electron chi connectivity index (χ3n) is 6.38. The Morgan fingerprint density at radius 2 is 1.61 bits per heavy atom. The molecule has 5 rings (SSSR count). The highest BCUT2D eigenvalue weighted by Gasteiger charge is 2.34. The lowest BCUT2D eigenvalue weighted by atomic mass is 10.1. The molecule has 1 aliphatic rings. The molecular weight excluding hydrogens is 482 g/mol. The number of hydrogen-bond acceptors (Lipinski definition) is 4. The summed E-state index contributed by atoms with van der Waals surface area (Å²) in [7, 11) is 0. The average molecular weight is 508 g/mol. The van der Waals surface area contributed by atoms with Crippen molar-refractivity contribution in [2.45, 2.75) is 20.5 Å². The zero-order valence-corrected chi connectivity index (χ0v) is 20.8. The van der Waals surface area contributed by atoms with Gasteiger partial charge in [-0.15, -0.1) is 0 Å². The summed E-state index contributed by atoms with van der Waals surface area (Å²) in [5.74, 6) is -1.13. The third kappa shape index (κ3) is 4.79. The van der Waals surface area contributed by atoms with Gasteiger partial charge in [0, 0.05) is 17.1 Å². The van der Waals surface area contributed by atoms with Crippen LogP contribution in [0.25, 0.3) is 11.8 Å². The SMILES string of the molecule is Cc1cc(/C=C2/C(=O)NN(c3ccccc3)C2=O)c(C)n1-c1ccc(OCc2ccc(C(=O)O)cc2)cc1. The van der Waals surface area contributed by atoms with E-state index in [1.165, 1.54) is 5.01 Å². The first kappa shape index (κ1) is 24.6. The summed E-state index contributed by atoms with van der Waals surface area (Å²) in [4.78, 5) is 36.6. The van der Waals surface area contributed by atoms with Crippen LogP contribution in [0.15, 0.2) is 90.5 Å². The zero-order valence-electron chi connectivity index (χ0n) is 20.8. The standard InChI is InChI=1S/C30H25N3O5/c1-19-16-23(17-27-28(34)31-33(29(27)35)25-6-4-3-5-7-25)20(2)32(19)24-12-14-26(15-13-24)38-18-21-8-10-22(11-9-21)30(36)37/h3-17H,18H2,1-2H3,(H,31,34)(H,36,37)/b27-17-. The van der Waals surface area contributed by atoms with Crippen molar-refractivity contribution in [3.05, 3.63) is 119 Å². The highest BCUT2D eigenvalue weighted by molar-refractivity contribution is 6.31. The van der Waals surface area contributed by atoms with Crippen molar-refractivity contribution in [1.29, 1.82) is 0 Å². The summed E-state index contributed by atoms with van der Waals surface area (Å²) in [5, 5.41) is 10.3. The molecule has 2 N–H and O–H groups in total. The molecule has 38 heavy (non-hydrogen) atoms. The largest absolute Gasteiger partial charge is 0.489 e. The molecule has 1 aliphatic heterocycles. The number of carbonyl (C=O) groups excluding carboxylic acids is 2. The van der Waals surface area contributed by atoms with Crippen LogP contribution >= 0.6 is 0 Å². The molecule has 0 bridgehead atoms. The maximum absolute atomic E-state index is 13.0. The summed E-state index contributed by atoms with van der Waals surface area (Å²) in [6.45, 7) is 4.22. The Balaban J connectivity index is 1.32. The van der Waals surface area contributed by atoms with Crippen LogP contribution in [0.2, 0.25) is 0 Å². The molecule has 0 radical (unpaired) electrons. The maximum Gasteiger partial charge on any atom is 0.335 e. The lowest BCUT2D eigenvalue weighted by Crippen LogP contribution is -2.35. The first-order valence-electron chi connectivity index (χ1n) is 12.0. The molecule has 0 spiro atoms. The fourth-order valence-corrected chi connectivity index (χ4v) is 4.40.